The molecule has 0 fully saturated rings. The predicted molar refractivity (Wildman–Crippen MR) is 95.6 cm³/mol. The van der Waals surface area contributed by atoms with Crippen LogP contribution in [-0.4, -0.2) is 29.6 Å². The Kier molecular flexibility index (Phi) is 6.43. The lowest BCUT2D eigenvalue weighted by atomic mass is 9.72. The topological polar surface area (TPSA) is 69.6 Å². The highest BCUT2D eigenvalue weighted by atomic mass is 16.4. The summed E-state index contributed by atoms with van der Waals surface area (Å²) in [6.07, 6.45) is 1.03. The SMILES string of the molecule is CC(C)(C)CC(CNC(=O)c1ccc(B(O)O)cc1)C(C)(C)C. The molecule has 4 nitrogen and oxygen atoms in total. The Morgan fingerprint density at radius 2 is 1.61 bits per heavy atom. The molecular weight excluding hydrogens is 289 g/mol. The number of rotatable bonds is 5. The maximum atomic E-state index is 12.3. The van der Waals surface area contributed by atoms with Gasteiger partial charge in [-0.25, -0.2) is 0 Å². The van der Waals surface area contributed by atoms with E-state index in [1.165, 1.54) is 0 Å². The van der Waals surface area contributed by atoms with Gasteiger partial charge in [-0.15, -0.1) is 0 Å². The molecule has 1 aromatic rings. The van der Waals surface area contributed by atoms with Crippen LogP contribution < -0.4 is 10.8 Å². The molecule has 3 N–H and O–H groups in total. The maximum absolute atomic E-state index is 12.3. The summed E-state index contributed by atoms with van der Waals surface area (Å²) < 4.78 is 0. The lowest BCUT2D eigenvalue weighted by Crippen LogP contribution is -2.37. The third kappa shape index (κ3) is 6.75. The molecular formula is C18H30BNO3. The first-order valence-corrected chi connectivity index (χ1v) is 8.14. The van der Waals surface area contributed by atoms with Crippen molar-refractivity contribution >= 4 is 18.5 Å². The van der Waals surface area contributed by atoms with Gasteiger partial charge in [0.05, 0.1) is 0 Å². The molecule has 0 bridgehead atoms. The third-order valence-electron chi connectivity index (χ3n) is 4.06. The first-order chi connectivity index (χ1) is 10.4. The van der Waals surface area contributed by atoms with Gasteiger partial charge in [0.25, 0.3) is 5.91 Å². The van der Waals surface area contributed by atoms with Crippen LogP contribution in [0.1, 0.15) is 58.3 Å². The fourth-order valence-corrected chi connectivity index (χ4v) is 2.55. The summed E-state index contributed by atoms with van der Waals surface area (Å²) in [7, 11) is -1.51. The summed E-state index contributed by atoms with van der Waals surface area (Å²) >= 11 is 0. The third-order valence-corrected chi connectivity index (χ3v) is 4.06. The van der Waals surface area contributed by atoms with E-state index >= 15 is 0 Å². The van der Waals surface area contributed by atoms with E-state index in [0.717, 1.165) is 6.42 Å². The average Bonchev–Trinajstić information content (AvgIpc) is 2.40. The molecule has 1 atom stereocenters. The van der Waals surface area contributed by atoms with Crippen molar-refractivity contribution < 1.29 is 14.8 Å². The summed E-state index contributed by atoms with van der Waals surface area (Å²) in [6.45, 7) is 13.9. The van der Waals surface area contributed by atoms with Crippen molar-refractivity contribution in [3.05, 3.63) is 29.8 Å². The van der Waals surface area contributed by atoms with Gasteiger partial charge in [0, 0.05) is 12.1 Å². The van der Waals surface area contributed by atoms with Crippen LogP contribution in [0.15, 0.2) is 24.3 Å². The minimum Gasteiger partial charge on any atom is -0.423 e. The van der Waals surface area contributed by atoms with E-state index in [0.29, 0.717) is 23.5 Å². The number of carbonyl (C=O) groups is 1. The minimum absolute atomic E-state index is 0.116. The van der Waals surface area contributed by atoms with Crippen LogP contribution in [0.5, 0.6) is 0 Å². The minimum atomic E-state index is -1.51. The first kappa shape index (κ1) is 19.7. The van der Waals surface area contributed by atoms with E-state index in [2.05, 4.69) is 46.9 Å². The predicted octanol–water partition coefficient (Wildman–Crippen LogP) is 2.19. The molecule has 0 aliphatic rings. The quantitative estimate of drug-likeness (QED) is 0.729. The second kappa shape index (κ2) is 7.50. The van der Waals surface area contributed by atoms with Crippen molar-refractivity contribution in [2.45, 2.75) is 48.0 Å². The monoisotopic (exact) mass is 319 g/mol. The Morgan fingerprint density at radius 3 is 2.00 bits per heavy atom. The molecule has 5 heteroatoms. The van der Waals surface area contributed by atoms with Gasteiger partial charge < -0.3 is 15.4 Å². The summed E-state index contributed by atoms with van der Waals surface area (Å²) in [5.41, 5.74) is 1.23. The van der Waals surface area contributed by atoms with Crippen LogP contribution in [0.4, 0.5) is 0 Å². The van der Waals surface area contributed by atoms with Gasteiger partial charge in [0.15, 0.2) is 0 Å². The second-order valence-corrected chi connectivity index (χ2v) is 8.53. The Hall–Kier alpha value is -1.33. The molecule has 0 heterocycles. The van der Waals surface area contributed by atoms with Gasteiger partial charge in [-0.05, 0) is 40.8 Å². The summed E-state index contributed by atoms with van der Waals surface area (Å²) in [5.74, 6) is 0.247. The largest absolute Gasteiger partial charge is 0.488 e. The zero-order valence-electron chi connectivity index (χ0n) is 15.2. The zero-order chi connectivity index (χ0) is 17.8. The van der Waals surface area contributed by atoms with Crippen LogP contribution in [0.25, 0.3) is 0 Å². The normalized spacial score (nSPS) is 13.6. The molecule has 0 aromatic heterocycles. The van der Waals surface area contributed by atoms with E-state index in [1.807, 2.05) is 0 Å². The average molecular weight is 319 g/mol. The molecule has 128 valence electrons. The number of amides is 1. The fraction of sp³-hybridized carbons (Fsp3) is 0.611. The lowest BCUT2D eigenvalue weighted by Gasteiger charge is -2.35. The van der Waals surface area contributed by atoms with E-state index < -0.39 is 7.12 Å². The summed E-state index contributed by atoms with van der Waals surface area (Å²) in [6, 6.07) is 6.33. The molecule has 0 aliphatic heterocycles. The van der Waals surface area contributed by atoms with E-state index in [1.54, 1.807) is 24.3 Å². The Labute approximate surface area is 140 Å². The Bertz CT molecular complexity index is 513. The van der Waals surface area contributed by atoms with Gasteiger partial charge in [-0.1, -0.05) is 53.7 Å². The summed E-state index contributed by atoms with van der Waals surface area (Å²) in [5, 5.41) is 21.2. The molecule has 1 amide bonds. The molecule has 0 aliphatic carbocycles. The van der Waals surface area contributed by atoms with Gasteiger partial charge in [0.1, 0.15) is 0 Å². The van der Waals surface area contributed by atoms with Crippen LogP contribution >= 0.6 is 0 Å². The van der Waals surface area contributed by atoms with Gasteiger partial charge in [-0.3, -0.25) is 4.79 Å². The molecule has 0 radical (unpaired) electrons. The fourth-order valence-electron chi connectivity index (χ4n) is 2.55. The highest BCUT2D eigenvalue weighted by Crippen LogP contribution is 2.35. The molecule has 0 spiro atoms. The highest BCUT2D eigenvalue weighted by Gasteiger charge is 2.29. The molecule has 23 heavy (non-hydrogen) atoms. The Morgan fingerprint density at radius 1 is 1.09 bits per heavy atom. The van der Waals surface area contributed by atoms with E-state index in [-0.39, 0.29) is 16.7 Å². The van der Waals surface area contributed by atoms with E-state index in [4.69, 9.17) is 10.0 Å². The van der Waals surface area contributed by atoms with Gasteiger partial charge in [-0.2, -0.15) is 0 Å². The Balaban J connectivity index is 2.71. The number of benzene rings is 1. The van der Waals surface area contributed by atoms with Crippen molar-refractivity contribution in [1.29, 1.82) is 0 Å². The zero-order valence-corrected chi connectivity index (χ0v) is 15.2. The van der Waals surface area contributed by atoms with Crippen LogP contribution in [0, 0.1) is 16.7 Å². The van der Waals surface area contributed by atoms with E-state index in [9.17, 15) is 4.79 Å². The number of hydrogen-bond donors (Lipinski definition) is 3. The number of nitrogens with one attached hydrogen (secondary N) is 1. The van der Waals surface area contributed by atoms with Crippen LogP contribution in [-0.2, 0) is 0 Å². The van der Waals surface area contributed by atoms with Crippen LogP contribution in [0.3, 0.4) is 0 Å². The molecule has 1 aromatic carbocycles. The first-order valence-electron chi connectivity index (χ1n) is 8.14. The van der Waals surface area contributed by atoms with Crippen molar-refractivity contribution in [3.8, 4) is 0 Å². The van der Waals surface area contributed by atoms with Crippen LogP contribution in [0.2, 0.25) is 0 Å². The smallest absolute Gasteiger partial charge is 0.423 e. The van der Waals surface area contributed by atoms with Crippen molar-refractivity contribution in [2.75, 3.05) is 6.54 Å². The molecule has 1 rings (SSSR count). The molecule has 0 saturated heterocycles. The summed E-state index contributed by atoms with van der Waals surface area (Å²) in [4.78, 5) is 12.3. The molecule has 0 saturated carbocycles. The highest BCUT2D eigenvalue weighted by molar-refractivity contribution is 6.58. The lowest BCUT2D eigenvalue weighted by molar-refractivity contribution is 0.0915. The second-order valence-electron chi connectivity index (χ2n) is 8.53. The van der Waals surface area contributed by atoms with Gasteiger partial charge in [0.2, 0.25) is 0 Å². The number of hydrogen-bond acceptors (Lipinski definition) is 3. The van der Waals surface area contributed by atoms with Crippen molar-refractivity contribution in [1.82, 2.24) is 5.32 Å². The van der Waals surface area contributed by atoms with Crippen molar-refractivity contribution in [3.63, 3.8) is 0 Å². The number of carbonyl (C=O) groups excluding carboxylic acids is 1. The van der Waals surface area contributed by atoms with Gasteiger partial charge >= 0.3 is 7.12 Å². The van der Waals surface area contributed by atoms with Crippen molar-refractivity contribution in [2.24, 2.45) is 16.7 Å². The molecule has 1 unspecified atom stereocenters. The standard InChI is InChI=1S/C18H30BNO3/c1-17(2,3)11-14(18(4,5)6)12-20-16(21)13-7-9-15(10-8-13)19(22)23/h7-10,14,22-23H,11-12H2,1-6H3,(H,20,21). The maximum Gasteiger partial charge on any atom is 0.488 e.